The van der Waals surface area contributed by atoms with E-state index in [2.05, 4.69) is 36.4 Å². The van der Waals surface area contributed by atoms with Gasteiger partial charge in [-0.25, -0.2) is 4.98 Å². The molecule has 0 atom stereocenters. The molecule has 0 aliphatic carbocycles. The van der Waals surface area contributed by atoms with E-state index in [1.807, 2.05) is 19.1 Å². The lowest BCUT2D eigenvalue weighted by molar-refractivity contribution is 0.710. The van der Waals surface area contributed by atoms with Gasteiger partial charge in [-0.15, -0.1) is 6.58 Å². The molecule has 0 spiro atoms. The Morgan fingerprint density at radius 2 is 2.19 bits per heavy atom. The molecular formula is C13H21N3. The van der Waals surface area contributed by atoms with Crippen molar-refractivity contribution in [2.45, 2.75) is 33.4 Å². The van der Waals surface area contributed by atoms with E-state index in [0.717, 1.165) is 23.6 Å². The Morgan fingerprint density at radius 3 is 2.69 bits per heavy atom. The van der Waals surface area contributed by atoms with Gasteiger partial charge in [-0.3, -0.25) is 0 Å². The third-order valence-electron chi connectivity index (χ3n) is 2.48. The number of anilines is 1. The zero-order valence-electron chi connectivity index (χ0n) is 10.4. The van der Waals surface area contributed by atoms with Gasteiger partial charge in [0.15, 0.2) is 0 Å². The Labute approximate surface area is 98.0 Å². The van der Waals surface area contributed by atoms with Crippen molar-refractivity contribution < 1.29 is 0 Å². The molecule has 1 heterocycles. The van der Waals surface area contributed by atoms with Crippen LogP contribution in [-0.2, 0) is 6.54 Å². The highest BCUT2D eigenvalue weighted by Gasteiger charge is 2.11. The molecule has 0 fully saturated rings. The fourth-order valence-electron chi connectivity index (χ4n) is 1.69. The minimum absolute atomic E-state index is 0.401. The van der Waals surface area contributed by atoms with Gasteiger partial charge in [0.1, 0.15) is 5.82 Å². The monoisotopic (exact) mass is 219 g/mol. The van der Waals surface area contributed by atoms with Crippen LogP contribution in [0.15, 0.2) is 24.8 Å². The van der Waals surface area contributed by atoms with Gasteiger partial charge in [0.25, 0.3) is 0 Å². The second-order valence-electron chi connectivity index (χ2n) is 4.21. The van der Waals surface area contributed by atoms with Gasteiger partial charge in [0.2, 0.25) is 0 Å². The summed E-state index contributed by atoms with van der Waals surface area (Å²) in [5.74, 6) is 0.982. The smallest absolute Gasteiger partial charge is 0.129 e. The fourth-order valence-corrected chi connectivity index (χ4v) is 1.69. The molecule has 3 nitrogen and oxygen atoms in total. The van der Waals surface area contributed by atoms with E-state index in [1.165, 1.54) is 0 Å². The van der Waals surface area contributed by atoms with Crippen molar-refractivity contribution in [2.75, 3.05) is 11.4 Å². The Hall–Kier alpha value is -1.35. The van der Waals surface area contributed by atoms with Crippen LogP contribution >= 0.6 is 0 Å². The molecular weight excluding hydrogens is 198 g/mol. The molecule has 0 saturated carbocycles. The lowest BCUT2D eigenvalue weighted by Crippen LogP contribution is -2.31. The summed E-state index contributed by atoms with van der Waals surface area (Å²) in [6, 6.07) is 4.48. The van der Waals surface area contributed by atoms with Crippen molar-refractivity contribution in [2.24, 2.45) is 5.73 Å². The first kappa shape index (κ1) is 12.7. The summed E-state index contributed by atoms with van der Waals surface area (Å²) in [5, 5.41) is 0. The number of hydrogen-bond acceptors (Lipinski definition) is 3. The van der Waals surface area contributed by atoms with Crippen molar-refractivity contribution >= 4 is 5.82 Å². The van der Waals surface area contributed by atoms with Gasteiger partial charge in [-0.2, -0.15) is 0 Å². The van der Waals surface area contributed by atoms with Crippen LogP contribution in [0.25, 0.3) is 0 Å². The molecule has 0 aromatic carbocycles. The predicted octanol–water partition coefficient (Wildman–Crippen LogP) is 2.25. The Kier molecular flexibility index (Phi) is 4.50. The van der Waals surface area contributed by atoms with Crippen molar-refractivity contribution in [1.29, 1.82) is 0 Å². The van der Waals surface area contributed by atoms with Crippen molar-refractivity contribution in [3.63, 3.8) is 0 Å². The van der Waals surface area contributed by atoms with Crippen LogP contribution in [0, 0.1) is 6.92 Å². The molecule has 1 rings (SSSR count). The quantitative estimate of drug-likeness (QED) is 0.772. The van der Waals surface area contributed by atoms with Gasteiger partial charge in [-0.1, -0.05) is 6.08 Å². The second kappa shape index (κ2) is 5.66. The predicted molar refractivity (Wildman–Crippen MR) is 69.5 cm³/mol. The molecule has 2 N–H and O–H groups in total. The number of nitrogens with two attached hydrogens (primary N) is 1. The van der Waals surface area contributed by atoms with E-state index < -0.39 is 0 Å². The summed E-state index contributed by atoms with van der Waals surface area (Å²) in [5.41, 5.74) is 7.80. The lowest BCUT2D eigenvalue weighted by atomic mass is 10.2. The first-order chi connectivity index (χ1) is 7.58. The molecule has 0 bridgehead atoms. The molecule has 0 aliphatic heterocycles. The fraction of sp³-hybridized carbons (Fsp3) is 0.462. The third kappa shape index (κ3) is 3.07. The topological polar surface area (TPSA) is 42.1 Å². The van der Waals surface area contributed by atoms with Gasteiger partial charge in [-0.05, 0) is 38.5 Å². The van der Waals surface area contributed by atoms with E-state index in [1.54, 1.807) is 0 Å². The largest absolute Gasteiger partial charge is 0.350 e. The average molecular weight is 219 g/mol. The number of nitrogens with zero attached hydrogens (tertiary/aromatic N) is 2. The van der Waals surface area contributed by atoms with Gasteiger partial charge in [0, 0.05) is 24.8 Å². The summed E-state index contributed by atoms with van der Waals surface area (Å²) in [6.07, 6.45) is 1.89. The van der Waals surface area contributed by atoms with E-state index in [-0.39, 0.29) is 0 Å². The normalized spacial score (nSPS) is 10.6. The maximum atomic E-state index is 5.67. The molecule has 1 aromatic rings. The van der Waals surface area contributed by atoms with Crippen LogP contribution in [0.1, 0.15) is 25.1 Å². The SMILES string of the molecule is C=CCN(c1cc(CN)cc(C)n1)C(C)C. The van der Waals surface area contributed by atoms with Crippen LogP contribution in [-0.4, -0.2) is 17.6 Å². The van der Waals surface area contributed by atoms with Crippen LogP contribution < -0.4 is 10.6 Å². The van der Waals surface area contributed by atoms with E-state index in [4.69, 9.17) is 5.73 Å². The van der Waals surface area contributed by atoms with Crippen LogP contribution in [0.4, 0.5) is 5.82 Å². The first-order valence-electron chi connectivity index (χ1n) is 5.63. The van der Waals surface area contributed by atoms with E-state index in [9.17, 15) is 0 Å². The highest BCUT2D eigenvalue weighted by Crippen LogP contribution is 2.17. The first-order valence-corrected chi connectivity index (χ1v) is 5.63. The molecule has 0 radical (unpaired) electrons. The van der Waals surface area contributed by atoms with Gasteiger partial charge < -0.3 is 10.6 Å². The molecule has 0 saturated heterocycles. The summed E-state index contributed by atoms with van der Waals surface area (Å²) >= 11 is 0. The van der Waals surface area contributed by atoms with Crippen LogP contribution in [0.5, 0.6) is 0 Å². The van der Waals surface area contributed by atoms with Gasteiger partial charge in [0.05, 0.1) is 0 Å². The Balaban J connectivity index is 3.07. The van der Waals surface area contributed by atoms with Crippen LogP contribution in [0.3, 0.4) is 0 Å². The third-order valence-corrected chi connectivity index (χ3v) is 2.48. The highest BCUT2D eigenvalue weighted by atomic mass is 15.2. The minimum atomic E-state index is 0.401. The molecule has 0 aliphatic rings. The van der Waals surface area contributed by atoms with Crippen LogP contribution in [0.2, 0.25) is 0 Å². The van der Waals surface area contributed by atoms with Gasteiger partial charge >= 0.3 is 0 Å². The van der Waals surface area contributed by atoms with Crippen molar-refractivity contribution in [3.05, 3.63) is 36.0 Å². The maximum absolute atomic E-state index is 5.67. The molecule has 1 aromatic heterocycles. The van der Waals surface area contributed by atoms with E-state index >= 15 is 0 Å². The van der Waals surface area contributed by atoms with Crippen molar-refractivity contribution in [1.82, 2.24) is 4.98 Å². The molecule has 3 heteroatoms. The lowest BCUT2D eigenvalue weighted by Gasteiger charge is -2.27. The summed E-state index contributed by atoms with van der Waals surface area (Å²) in [7, 11) is 0. The second-order valence-corrected chi connectivity index (χ2v) is 4.21. The molecule has 0 amide bonds. The number of rotatable bonds is 5. The van der Waals surface area contributed by atoms with Crippen molar-refractivity contribution in [3.8, 4) is 0 Å². The zero-order valence-corrected chi connectivity index (χ0v) is 10.4. The number of pyridine rings is 1. The number of hydrogen-bond donors (Lipinski definition) is 1. The summed E-state index contributed by atoms with van der Waals surface area (Å²) < 4.78 is 0. The van der Waals surface area contributed by atoms with E-state index in [0.29, 0.717) is 12.6 Å². The Morgan fingerprint density at radius 1 is 1.50 bits per heavy atom. The standard InChI is InChI=1S/C13H21N3/c1-5-6-16(10(2)3)13-8-12(9-14)7-11(4)15-13/h5,7-8,10H,1,6,9,14H2,2-4H3. The number of aryl methyl sites for hydroxylation is 1. The summed E-state index contributed by atoms with van der Waals surface area (Å²) in [6.45, 7) is 11.4. The summed E-state index contributed by atoms with van der Waals surface area (Å²) in [4.78, 5) is 6.75. The average Bonchev–Trinajstić information content (AvgIpc) is 2.24. The zero-order chi connectivity index (χ0) is 12.1. The molecule has 16 heavy (non-hydrogen) atoms. The Bertz CT molecular complexity index is 358. The number of aromatic nitrogens is 1. The minimum Gasteiger partial charge on any atom is -0.350 e. The highest BCUT2D eigenvalue weighted by molar-refractivity contribution is 5.44. The molecule has 88 valence electrons. The molecule has 0 unspecified atom stereocenters. The maximum Gasteiger partial charge on any atom is 0.129 e.